The maximum atomic E-state index is 12.8. The van der Waals surface area contributed by atoms with E-state index in [2.05, 4.69) is 0 Å². The Bertz CT molecular complexity index is 353. The first-order valence-electron chi connectivity index (χ1n) is 7.47. The van der Waals surface area contributed by atoms with Gasteiger partial charge >= 0.3 is 11.8 Å². The summed E-state index contributed by atoms with van der Waals surface area (Å²) < 4.78 is 11.3. The molecule has 0 rings (SSSR count). The van der Waals surface area contributed by atoms with Crippen molar-refractivity contribution in [2.75, 3.05) is 0 Å². The normalized spacial score (nSPS) is 13.6. The van der Waals surface area contributed by atoms with Crippen molar-refractivity contribution >= 4 is 11.8 Å². The van der Waals surface area contributed by atoms with E-state index in [9.17, 15) is 14.7 Å². The molecule has 0 aromatic rings. The summed E-state index contributed by atoms with van der Waals surface area (Å²) in [6.07, 6.45) is 1.09. The van der Waals surface area contributed by atoms with Gasteiger partial charge in [0, 0.05) is 5.92 Å². The summed E-state index contributed by atoms with van der Waals surface area (Å²) in [7, 11) is 0. The molecule has 5 heteroatoms. The molecule has 0 heterocycles. The van der Waals surface area contributed by atoms with E-state index < -0.39 is 34.7 Å². The maximum Gasteiger partial charge on any atom is 0.372 e. The first-order valence-corrected chi connectivity index (χ1v) is 7.47. The number of hydrogen-bond acceptors (Lipinski definition) is 4. The molecule has 0 aromatic carbocycles. The monoisotopic (exact) mass is 302 g/mol. The van der Waals surface area contributed by atoms with Crippen LogP contribution in [0.4, 0.5) is 0 Å². The average molecular weight is 302 g/mol. The van der Waals surface area contributed by atoms with Crippen LogP contribution in [-0.2, 0) is 19.1 Å². The number of carboxylic acid groups (broad SMARTS) is 1. The Morgan fingerprint density at radius 3 is 1.43 bits per heavy atom. The fourth-order valence-corrected chi connectivity index (χ4v) is 2.10. The molecule has 0 aliphatic carbocycles. The van der Waals surface area contributed by atoms with Crippen LogP contribution in [0.2, 0.25) is 0 Å². The van der Waals surface area contributed by atoms with Crippen LogP contribution in [0.3, 0.4) is 0 Å². The van der Waals surface area contributed by atoms with E-state index in [1.807, 2.05) is 13.8 Å². The van der Waals surface area contributed by atoms with Crippen LogP contribution in [0.15, 0.2) is 0 Å². The SMILES string of the molecule is CCC(CC)C(=O)C(OC(C)(C)C)(OC(C)(C)C)C(=O)O. The minimum absolute atomic E-state index is 0.411. The van der Waals surface area contributed by atoms with Crippen molar-refractivity contribution in [2.45, 2.75) is 85.2 Å². The summed E-state index contributed by atoms with van der Waals surface area (Å²) in [6.45, 7) is 13.9. The minimum atomic E-state index is -2.27. The maximum absolute atomic E-state index is 12.8. The summed E-state index contributed by atoms with van der Waals surface area (Å²) >= 11 is 0. The highest BCUT2D eigenvalue weighted by Crippen LogP contribution is 2.32. The van der Waals surface area contributed by atoms with Gasteiger partial charge in [-0.15, -0.1) is 0 Å². The van der Waals surface area contributed by atoms with Gasteiger partial charge in [0.1, 0.15) is 0 Å². The minimum Gasteiger partial charge on any atom is -0.477 e. The fourth-order valence-electron chi connectivity index (χ4n) is 2.10. The highest BCUT2D eigenvalue weighted by molar-refractivity contribution is 6.06. The Labute approximate surface area is 128 Å². The molecule has 0 aliphatic heterocycles. The van der Waals surface area contributed by atoms with E-state index in [0.29, 0.717) is 12.8 Å². The number of carbonyl (C=O) groups excluding carboxylic acids is 1. The van der Waals surface area contributed by atoms with Crippen LogP contribution >= 0.6 is 0 Å². The van der Waals surface area contributed by atoms with Crippen molar-refractivity contribution in [1.82, 2.24) is 0 Å². The van der Waals surface area contributed by atoms with Gasteiger partial charge in [-0.1, -0.05) is 13.8 Å². The zero-order chi connectivity index (χ0) is 17.1. The first-order chi connectivity index (χ1) is 9.29. The Hall–Kier alpha value is -0.940. The van der Waals surface area contributed by atoms with Crippen LogP contribution in [0.5, 0.6) is 0 Å². The van der Waals surface area contributed by atoms with Crippen LogP contribution in [0, 0.1) is 5.92 Å². The topological polar surface area (TPSA) is 72.8 Å². The van der Waals surface area contributed by atoms with Crippen molar-refractivity contribution in [1.29, 1.82) is 0 Å². The third kappa shape index (κ3) is 5.75. The molecule has 0 fully saturated rings. The molecular formula is C16H30O5. The molecule has 0 saturated carbocycles. The van der Waals surface area contributed by atoms with Gasteiger partial charge in [-0.05, 0) is 54.4 Å². The highest BCUT2D eigenvalue weighted by Gasteiger charge is 2.55. The van der Waals surface area contributed by atoms with E-state index in [-0.39, 0.29) is 0 Å². The number of hydrogen-bond donors (Lipinski definition) is 1. The second kappa shape index (κ2) is 6.88. The van der Waals surface area contributed by atoms with Crippen molar-refractivity contribution in [3.63, 3.8) is 0 Å². The van der Waals surface area contributed by atoms with Gasteiger partial charge in [-0.2, -0.15) is 0 Å². The van der Waals surface area contributed by atoms with Gasteiger partial charge in [-0.3, -0.25) is 4.79 Å². The number of rotatable bonds is 7. The van der Waals surface area contributed by atoms with Crippen LogP contribution in [0.1, 0.15) is 68.2 Å². The van der Waals surface area contributed by atoms with Gasteiger partial charge in [-0.25, -0.2) is 4.79 Å². The number of aliphatic carboxylic acids is 1. The lowest BCUT2D eigenvalue weighted by atomic mass is 9.91. The van der Waals surface area contributed by atoms with Crippen LogP contribution < -0.4 is 0 Å². The van der Waals surface area contributed by atoms with Crippen molar-refractivity contribution in [2.24, 2.45) is 5.92 Å². The number of ether oxygens (including phenoxy) is 2. The average Bonchev–Trinajstić information content (AvgIpc) is 2.25. The second-order valence-electron chi connectivity index (χ2n) is 7.23. The molecule has 0 amide bonds. The Morgan fingerprint density at radius 1 is 0.905 bits per heavy atom. The molecule has 0 spiro atoms. The van der Waals surface area contributed by atoms with E-state index in [1.165, 1.54) is 0 Å². The summed E-state index contributed by atoms with van der Waals surface area (Å²) in [5.41, 5.74) is -1.66. The predicted octanol–water partition coefficient (Wildman–Crippen LogP) is 3.40. The Morgan fingerprint density at radius 2 is 1.24 bits per heavy atom. The molecule has 0 radical (unpaired) electrons. The van der Waals surface area contributed by atoms with Crippen molar-refractivity contribution in [3.05, 3.63) is 0 Å². The molecule has 0 aliphatic rings. The molecule has 0 saturated heterocycles. The molecule has 5 nitrogen and oxygen atoms in total. The number of carbonyl (C=O) groups is 2. The summed E-state index contributed by atoms with van der Waals surface area (Å²) in [5, 5.41) is 9.69. The van der Waals surface area contributed by atoms with Crippen LogP contribution in [0.25, 0.3) is 0 Å². The molecule has 124 valence electrons. The largest absolute Gasteiger partial charge is 0.477 e. The van der Waals surface area contributed by atoms with Gasteiger partial charge in [0.05, 0.1) is 11.2 Å². The highest BCUT2D eigenvalue weighted by atomic mass is 16.7. The number of carboxylic acids is 1. The fraction of sp³-hybridized carbons (Fsp3) is 0.875. The molecule has 1 N–H and O–H groups in total. The molecule has 21 heavy (non-hydrogen) atoms. The lowest BCUT2D eigenvalue weighted by Crippen LogP contribution is -2.59. The summed E-state index contributed by atoms with van der Waals surface area (Å²) in [5.74, 6) is -4.60. The molecular weight excluding hydrogens is 272 g/mol. The van der Waals surface area contributed by atoms with E-state index in [0.717, 1.165) is 0 Å². The van der Waals surface area contributed by atoms with Gasteiger partial charge in [0.2, 0.25) is 5.78 Å². The first kappa shape index (κ1) is 20.1. The van der Waals surface area contributed by atoms with E-state index >= 15 is 0 Å². The quantitative estimate of drug-likeness (QED) is 0.576. The zero-order valence-corrected chi connectivity index (χ0v) is 14.6. The summed E-state index contributed by atoms with van der Waals surface area (Å²) in [4.78, 5) is 24.7. The molecule has 0 aromatic heterocycles. The Kier molecular flexibility index (Phi) is 6.57. The Balaban J connectivity index is 5.91. The van der Waals surface area contributed by atoms with Crippen molar-refractivity contribution in [3.8, 4) is 0 Å². The van der Waals surface area contributed by atoms with Gasteiger partial charge in [0.25, 0.3) is 0 Å². The third-order valence-electron chi connectivity index (χ3n) is 2.86. The summed E-state index contributed by atoms with van der Waals surface area (Å²) in [6, 6.07) is 0. The molecule has 0 unspecified atom stereocenters. The van der Waals surface area contributed by atoms with Crippen LogP contribution in [-0.4, -0.2) is 33.8 Å². The lowest BCUT2D eigenvalue weighted by molar-refractivity contribution is -0.290. The standard InChI is InChI=1S/C16H30O5/c1-9-11(10-2)12(17)16(13(18)19,20-14(3,4)5)21-15(6,7)8/h11H,9-10H2,1-8H3,(H,18,19). The van der Waals surface area contributed by atoms with E-state index in [1.54, 1.807) is 41.5 Å². The van der Waals surface area contributed by atoms with Gasteiger partial charge in [0.15, 0.2) is 0 Å². The number of Topliss-reactive ketones (excluding diaryl/α,β-unsaturated/α-hetero) is 1. The smallest absolute Gasteiger partial charge is 0.372 e. The van der Waals surface area contributed by atoms with E-state index in [4.69, 9.17) is 9.47 Å². The predicted molar refractivity (Wildman–Crippen MR) is 81.1 cm³/mol. The number of ketones is 1. The second-order valence-corrected chi connectivity index (χ2v) is 7.23. The van der Waals surface area contributed by atoms with Gasteiger partial charge < -0.3 is 14.6 Å². The lowest BCUT2D eigenvalue weighted by Gasteiger charge is -2.40. The zero-order valence-electron chi connectivity index (χ0n) is 14.6. The van der Waals surface area contributed by atoms with Crippen molar-refractivity contribution < 1.29 is 24.2 Å². The third-order valence-corrected chi connectivity index (χ3v) is 2.86. The molecule has 0 bridgehead atoms. The molecule has 0 atom stereocenters.